The first kappa shape index (κ1) is 24.2. The lowest BCUT2D eigenvalue weighted by Crippen LogP contribution is -2.50. The van der Waals surface area contributed by atoms with Crippen LogP contribution in [0.1, 0.15) is 108 Å². The maximum absolute atomic E-state index is 2.73. The predicted molar refractivity (Wildman–Crippen MR) is 125 cm³/mol. The van der Waals surface area contributed by atoms with Crippen molar-refractivity contribution in [1.29, 1.82) is 0 Å². The highest BCUT2D eigenvalue weighted by atomic mass is 15.2. The summed E-state index contributed by atoms with van der Waals surface area (Å²) < 4.78 is 0. The standard InChI is InChI=1S/C26H52N2/c1-23(2,3)27-18-13-21(14-19-27)25(7,8)15-16-26(9,10)22-12-11-17-28(20-22)24(4,5)6/h21-22H,11-20H2,1-10H3. The molecular weight excluding hydrogens is 340 g/mol. The summed E-state index contributed by atoms with van der Waals surface area (Å²) in [5.41, 5.74) is 1.57. The first-order chi connectivity index (χ1) is 12.6. The van der Waals surface area contributed by atoms with E-state index in [-0.39, 0.29) is 0 Å². The summed E-state index contributed by atoms with van der Waals surface area (Å²) in [5.74, 6) is 1.73. The highest BCUT2D eigenvalue weighted by Gasteiger charge is 2.39. The maximum atomic E-state index is 2.73. The molecule has 0 saturated carbocycles. The summed E-state index contributed by atoms with van der Waals surface area (Å²) in [6, 6.07) is 0. The number of likely N-dealkylation sites (tertiary alicyclic amines) is 2. The molecule has 0 amide bonds. The van der Waals surface area contributed by atoms with Gasteiger partial charge in [-0.25, -0.2) is 0 Å². The van der Waals surface area contributed by atoms with E-state index in [1.165, 1.54) is 64.7 Å². The normalized spacial score (nSPS) is 25.3. The molecule has 2 rings (SSSR count). The van der Waals surface area contributed by atoms with Gasteiger partial charge in [0.1, 0.15) is 0 Å². The monoisotopic (exact) mass is 392 g/mol. The van der Waals surface area contributed by atoms with Crippen LogP contribution in [-0.2, 0) is 0 Å². The number of hydrogen-bond donors (Lipinski definition) is 0. The van der Waals surface area contributed by atoms with Crippen molar-refractivity contribution in [3.05, 3.63) is 0 Å². The van der Waals surface area contributed by atoms with Crippen molar-refractivity contribution in [2.24, 2.45) is 22.7 Å². The number of piperidine rings is 2. The van der Waals surface area contributed by atoms with Crippen molar-refractivity contribution in [2.45, 2.75) is 119 Å². The topological polar surface area (TPSA) is 6.48 Å². The number of hydrogen-bond acceptors (Lipinski definition) is 2. The minimum absolute atomic E-state index is 0.315. The summed E-state index contributed by atoms with van der Waals surface area (Å²) in [6.07, 6.45) is 8.32. The van der Waals surface area contributed by atoms with E-state index in [0.717, 1.165) is 11.8 Å². The van der Waals surface area contributed by atoms with Crippen LogP contribution in [0.25, 0.3) is 0 Å². The molecule has 2 heteroatoms. The molecule has 1 atom stereocenters. The fraction of sp³-hybridized carbons (Fsp3) is 1.00. The highest BCUT2D eigenvalue weighted by molar-refractivity contribution is 4.92. The lowest BCUT2D eigenvalue weighted by atomic mass is 9.65. The Balaban J connectivity index is 1.90. The van der Waals surface area contributed by atoms with Gasteiger partial charge in [0, 0.05) is 17.6 Å². The van der Waals surface area contributed by atoms with E-state index in [0.29, 0.717) is 21.9 Å². The molecule has 0 bridgehead atoms. The van der Waals surface area contributed by atoms with Gasteiger partial charge < -0.3 is 0 Å². The molecule has 0 aromatic heterocycles. The first-order valence-corrected chi connectivity index (χ1v) is 12.1. The van der Waals surface area contributed by atoms with Crippen LogP contribution < -0.4 is 0 Å². The smallest absolute Gasteiger partial charge is 0.0125 e. The quantitative estimate of drug-likeness (QED) is 0.505. The van der Waals surface area contributed by atoms with Crippen molar-refractivity contribution in [1.82, 2.24) is 9.80 Å². The summed E-state index contributed by atoms with van der Waals surface area (Å²) in [7, 11) is 0. The lowest BCUT2D eigenvalue weighted by molar-refractivity contribution is 0.0116. The van der Waals surface area contributed by atoms with Crippen molar-refractivity contribution in [2.75, 3.05) is 26.2 Å². The predicted octanol–water partition coefficient (Wildman–Crippen LogP) is 6.84. The van der Waals surface area contributed by atoms with Crippen molar-refractivity contribution < 1.29 is 0 Å². The van der Waals surface area contributed by atoms with Crippen molar-refractivity contribution in [3.63, 3.8) is 0 Å². The van der Waals surface area contributed by atoms with Crippen LogP contribution in [0.15, 0.2) is 0 Å². The first-order valence-electron chi connectivity index (χ1n) is 12.1. The second kappa shape index (κ2) is 8.58. The molecule has 1 unspecified atom stereocenters. The molecule has 0 aliphatic carbocycles. The Morgan fingerprint density at radius 1 is 0.571 bits per heavy atom. The molecule has 2 nitrogen and oxygen atoms in total. The third-order valence-corrected chi connectivity index (χ3v) is 8.44. The van der Waals surface area contributed by atoms with Crippen LogP contribution in [0, 0.1) is 22.7 Å². The largest absolute Gasteiger partial charge is 0.298 e. The minimum Gasteiger partial charge on any atom is -0.298 e. The molecule has 2 fully saturated rings. The zero-order chi connectivity index (χ0) is 21.4. The average Bonchev–Trinajstić information content (AvgIpc) is 2.59. The Bertz CT molecular complexity index is 484. The fourth-order valence-corrected chi connectivity index (χ4v) is 5.61. The molecule has 0 radical (unpaired) electrons. The Morgan fingerprint density at radius 3 is 1.50 bits per heavy atom. The Morgan fingerprint density at radius 2 is 1.04 bits per heavy atom. The zero-order valence-corrected chi connectivity index (χ0v) is 21.1. The molecule has 2 aliphatic heterocycles. The van der Waals surface area contributed by atoms with Gasteiger partial charge in [-0.05, 0) is 122 Å². The van der Waals surface area contributed by atoms with Gasteiger partial charge in [0.05, 0.1) is 0 Å². The molecule has 0 aromatic carbocycles. The van der Waals surface area contributed by atoms with E-state index in [1.54, 1.807) is 0 Å². The van der Waals surface area contributed by atoms with Gasteiger partial charge in [-0.15, -0.1) is 0 Å². The Kier molecular flexibility index (Phi) is 7.41. The van der Waals surface area contributed by atoms with Gasteiger partial charge in [-0.3, -0.25) is 9.80 Å². The zero-order valence-electron chi connectivity index (χ0n) is 21.1. The van der Waals surface area contributed by atoms with Crippen LogP contribution in [0.5, 0.6) is 0 Å². The summed E-state index contributed by atoms with van der Waals surface area (Å²) in [5, 5.41) is 0. The molecule has 166 valence electrons. The molecule has 0 aromatic rings. The van der Waals surface area contributed by atoms with E-state index < -0.39 is 0 Å². The van der Waals surface area contributed by atoms with Gasteiger partial charge >= 0.3 is 0 Å². The van der Waals surface area contributed by atoms with Crippen LogP contribution >= 0.6 is 0 Å². The van der Waals surface area contributed by atoms with Crippen LogP contribution in [0.2, 0.25) is 0 Å². The molecular formula is C26H52N2. The minimum atomic E-state index is 0.315. The summed E-state index contributed by atoms with van der Waals surface area (Å²) >= 11 is 0. The summed E-state index contributed by atoms with van der Waals surface area (Å²) in [4.78, 5) is 5.42. The maximum Gasteiger partial charge on any atom is 0.0125 e. The van der Waals surface area contributed by atoms with Crippen molar-refractivity contribution in [3.8, 4) is 0 Å². The Hall–Kier alpha value is -0.0800. The lowest BCUT2D eigenvalue weighted by Gasteiger charge is -2.48. The number of nitrogens with zero attached hydrogens (tertiary/aromatic N) is 2. The van der Waals surface area contributed by atoms with E-state index in [2.05, 4.69) is 79.0 Å². The van der Waals surface area contributed by atoms with E-state index in [1.807, 2.05) is 0 Å². The van der Waals surface area contributed by atoms with Gasteiger partial charge in [-0.2, -0.15) is 0 Å². The fourth-order valence-electron chi connectivity index (χ4n) is 5.61. The molecule has 28 heavy (non-hydrogen) atoms. The Labute approximate surface area is 177 Å². The molecule has 0 N–H and O–H groups in total. The SMILES string of the molecule is CC(C)(CCC(C)(C)C1CCCN(C(C)(C)C)C1)C1CCN(C(C)(C)C)CC1. The summed E-state index contributed by atoms with van der Waals surface area (Å²) in [6.45, 7) is 29.6. The molecule has 2 aliphatic rings. The number of rotatable bonds is 5. The van der Waals surface area contributed by atoms with Crippen LogP contribution in [0.4, 0.5) is 0 Å². The van der Waals surface area contributed by atoms with E-state index >= 15 is 0 Å². The second-order valence-corrected chi connectivity index (χ2v) is 13.4. The van der Waals surface area contributed by atoms with Gasteiger partial charge in [-0.1, -0.05) is 27.7 Å². The highest BCUT2D eigenvalue weighted by Crippen LogP contribution is 2.45. The van der Waals surface area contributed by atoms with Gasteiger partial charge in [0.25, 0.3) is 0 Å². The third kappa shape index (κ3) is 6.21. The van der Waals surface area contributed by atoms with E-state index in [9.17, 15) is 0 Å². The molecule has 2 heterocycles. The average molecular weight is 393 g/mol. The van der Waals surface area contributed by atoms with Gasteiger partial charge in [0.2, 0.25) is 0 Å². The van der Waals surface area contributed by atoms with Crippen LogP contribution in [-0.4, -0.2) is 47.1 Å². The van der Waals surface area contributed by atoms with Gasteiger partial charge in [0.15, 0.2) is 0 Å². The molecule has 2 saturated heterocycles. The third-order valence-electron chi connectivity index (χ3n) is 8.44. The van der Waals surface area contributed by atoms with Crippen molar-refractivity contribution >= 4 is 0 Å². The van der Waals surface area contributed by atoms with Crippen LogP contribution in [0.3, 0.4) is 0 Å². The van der Waals surface area contributed by atoms with E-state index in [4.69, 9.17) is 0 Å². The second-order valence-electron chi connectivity index (χ2n) is 13.4. The molecule has 0 spiro atoms.